The molecule has 2 rings (SSSR count). The third-order valence-electron chi connectivity index (χ3n) is 2.99. The van der Waals surface area contributed by atoms with Crippen LogP contribution in [0.1, 0.15) is 31.2 Å². The SMILES string of the molecule is CNc1cc(Nc2c(C)cccc2Cl)nc(C(C)C)n1. The van der Waals surface area contributed by atoms with Gasteiger partial charge in [-0.25, -0.2) is 9.97 Å². The van der Waals surface area contributed by atoms with Crippen molar-refractivity contribution < 1.29 is 0 Å². The van der Waals surface area contributed by atoms with Crippen molar-refractivity contribution >= 4 is 28.9 Å². The van der Waals surface area contributed by atoms with Crippen LogP contribution in [0.25, 0.3) is 0 Å². The van der Waals surface area contributed by atoms with E-state index in [4.69, 9.17) is 11.6 Å². The normalized spacial score (nSPS) is 10.7. The van der Waals surface area contributed by atoms with E-state index in [0.29, 0.717) is 5.02 Å². The van der Waals surface area contributed by atoms with Crippen LogP contribution in [0.15, 0.2) is 24.3 Å². The quantitative estimate of drug-likeness (QED) is 0.879. The molecule has 5 heteroatoms. The summed E-state index contributed by atoms with van der Waals surface area (Å²) in [5, 5.41) is 7.02. The molecule has 0 aliphatic carbocycles. The van der Waals surface area contributed by atoms with E-state index in [2.05, 4.69) is 34.4 Å². The summed E-state index contributed by atoms with van der Waals surface area (Å²) < 4.78 is 0. The summed E-state index contributed by atoms with van der Waals surface area (Å²) in [6, 6.07) is 7.67. The molecule has 0 spiro atoms. The minimum absolute atomic E-state index is 0.260. The maximum absolute atomic E-state index is 6.23. The lowest BCUT2D eigenvalue weighted by atomic mass is 10.2. The summed E-state index contributed by atoms with van der Waals surface area (Å²) in [5.41, 5.74) is 1.96. The Kier molecular flexibility index (Phi) is 4.45. The van der Waals surface area contributed by atoms with Crippen LogP contribution in [0.3, 0.4) is 0 Å². The number of rotatable bonds is 4. The van der Waals surface area contributed by atoms with E-state index in [1.54, 1.807) is 0 Å². The predicted molar refractivity (Wildman–Crippen MR) is 85.1 cm³/mol. The van der Waals surface area contributed by atoms with Crippen molar-refractivity contribution in [1.29, 1.82) is 0 Å². The second-order valence-electron chi connectivity index (χ2n) is 4.96. The van der Waals surface area contributed by atoms with Crippen LogP contribution >= 0.6 is 11.6 Å². The molecular formula is C15H19ClN4. The number of hydrogen-bond acceptors (Lipinski definition) is 4. The van der Waals surface area contributed by atoms with Gasteiger partial charge in [0.15, 0.2) is 0 Å². The van der Waals surface area contributed by atoms with E-state index in [1.807, 2.05) is 38.2 Å². The van der Waals surface area contributed by atoms with E-state index >= 15 is 0 Å². The molecule has 4 nitrogen and oxygen atoms in total. The van der Waals surface area contributed by atoms with Gasteiger partial charge in [-0.1, -0.05) is 37.6 Å². The van der Waals surface area contributed by atoms with E-state index in [-0.39, 0.29) is 5.92 Å². The fraction of sp³-hybridized carbons (Fsp3) is 0.333. The lowest BCUT2D eigenvalue weighted by Crippen LogP contribution is -2.05. The second-order valence-corrected chi connectivity index (χ2v) is 5.37. The Morgan fingerprint density at radius 3 is 2.45 bits per heavy atom. The summed E-state index contributed by atoms with van der Waals surface area (Å²) in [7, 11) is 1.84. The number of aromatic nitrogens is 2. The summed E-state index contributed by atoms with van der Waals surface area (Å²) in [6.07, 6.45) is 0. The molecule has 0 fully saturated rings. The summed E-state index contributed by atoms with van der Waals surface area (Å²) in [4.78, 5) is 8.98. The Bertz CT molecular complexity index is 591. The molecule has 0 unspecified atom stereocenters. The van der Waals surface area contributed by atoms with Gasteiger partial charge in [0.2, 0.25) is 0 Å². The maximum Gasteiger partial charge on any atom is 0.136 e. The topological polar surface area (TPSA) is 49.8 Å². The van der Waals surface area contributed by atoms with Gasteiger partial charge in [0, 0.05) is 19.0 Å². The molecule has 106 valence electrons. The van der Waals surface area contributed by atoms with Gasteiger partial charge in [0.1, 0.15) is 17.5 Å². The van der Waals surface area contributed by atoms with Gasteiger partial charge in [-0.3, -0.25) is 0 Å². The standard InChI is InChI=1S/C15H19ClN4/c1-9(2)15-19-12(17-4)8-13(20-15)18-14-10(3)6-5-7-11(14)16/h5-9H,1-4H3,(H2,17,18,19,20). The molecule has 1 heterocycles. The number of anilines is 3. The van der Waals surface area contributed by atoms with Gasteiger partial charge in [0.25, 0.3) is 0 Å². The van der Waals surface area contributed by atoms with Crippen molar-refractivity contribution in [1.82, 2.24) is 9.97 Å². The summed E-state index contributed by atoms with van der Waals surface area (Å²) in [5.74, 6) is 2.58. The van der Waals surface area contributed by atoms with Crippen molar-refractivity contribution in [2.45, 2.75) is 26.7 Å². The molecule has 20 heavy (non-hydrogen) atoms. The first-order valence-electron chi connectivity index (χ1n) is 6.60. The van der Waals surface area contributed by atoms with Crippen LogP contribution < -0.4 is 10.6 Å². The molecule has 0 amide bonds. The third-order valence-corrected chi connectivity index (χ3v) is 3.31. The maximum atomic E-state index is 6.23. The average molecular weight is 291 g/mol. The van der Waals surface area contributed by atoms with Crippen molar-refractivity contribution in [2.24, 2.45) is 0 Å². The molecule has 1 aromatic carbocycles. The third kappa shape index (κ3) is 3.20. The zero-order valence-electron chi connectivity index (χ0n) is 12.2. The second kappa shape index (κ2) is 6.09. The van der Waals surface area contributed by atoms with Crippen molar-refractivity contribution in [3.05, 3.63) is 40.7 Å². The first-order valence-corrected chi connectivity index (χ1v) is 6.98. The fourth-order valence-corrected chi connectivity index (χ4v) is 2.10. The van der Waals surface area contributed by atoms with Crippen LogP contribution in [-0.4, -0.2) is 17.0 Å². The van der Waals surface area contributed by atoms with Gasteiger partial charge in [0.05, 0.1) is 10.7 Å². The Balaban J connectivity index is 2.40. The lowest BCUT2D eigenvalue weighted by molar-refractivity contribution is 0.778. The van der Waals surface area contributed by atoms with E-state index in [0.717, 1.165) is 28.7 Å². The zero-order valence-corrected chi connectivity index (χ0v) is 12.9. The number of para-hydroxylation sites is 1. The number of halogens is 1. The molecule has 0 atom stereocenters. The smallest absolute Gasteiger partial charge is 0.136 e. The number of hydrogen-bond donors (Lipinski definition) is 2. The molecule has 0 aliphatic heterocycles. The van der Waals surface area contributed by atoms with Crippen molar-refractivity contribution in [3.8, 4) is 0 Å². The molecule has 0 bridgehead atoms. The first kappa shape index (κ1) is 14.6. The van der Waals surface area contributed by atoms with Crippen LogP contribution in [0.5, 0.6) is 0 Å². The molecule has 2 N–H and O–H groups in total. The van der Waals surface area contributed by atoms with Crippen LogP contribution in [0, 0.1) is 6.92 Å². The largest absolute Gasteiger partial charge is 0.373 e. The summed E-state index contributed by atoms with van der Waals surface area (Å²) in [6.45, 7) is 6.15. The molecule has 2 aromatic rings. The number of benzene rings is 1. The highest BCUT2D eigenvalue weighted by atomic mass is 35.5. The van der Waals surface area contributed by atoms with E-state index < -0.39 is 0 Å². The Labute approximate surface area is 124 Å². The monoisotopic (exact) mass is 290 g/mol. The molecule has 0 aliphatic rings. The lowest BCUT2D eigenvalue weighted by Gasteiger charge is -2.14. The number of nitrogens with one attached hydrogen (secondary N) is 2. The van der Waals surface area contributed by atoms with Gasteiger partial charge in [-0.2, -0.15) is 0 Å². The zero-order chi connectivity index (χ0) is 14.7. The number of nitrogens with zero attached hydrogens (tertiary/aromatic N) is 2. The highest BCUT2D eigenvalue weighted by Gasteiger charge is 2.10. The predicted octanol–water partition coefficient (Wildman–Crippen LogP) is 4.35. The molecule has 0 saturated carbocycles. The summed E-state index contributed by atoms with van der Waals surface area (Å²) >= 11 is 6.23. The highest BCUT2D eigenvalue weighted by molar-refractivity contribution is 6.33. The Hall–Kier alpha value is -1.81. The van der Waals surface area contributed by atoms with E-state index in [1.165, 1.54) is 0 Å². The molecule has 0 radical (unpaired) electrons. The van der Waals surface area contributed by atoms with Gasteiger partial charge < -0.3 is 10.6 Å². The van der Waals surface area contributed by atoms with Gasteiger partial charge in [-0.15, -0.1) is 0 Å². The molecular weight excluding hydrogens is 272 g/mol. The Morgan fingerprint density at radius 1 is 1.15 bits per heavy atom. The van der Waals surface area contributed by atoms with Crippen LogP contribution in [0.2, 0.25) is 5.02 Å². The minimum Gasteiger partial charge on any atom is -0.373 e. The minimum atomic E-state index is 0.260. The number of aryl methyl sites for hydroxylation is 1. The van der Waals surface area contributed by atoms with E-state index in [9.17, 15) is 0 Å². The first-order chi connectivity index (χ1) is 9.51. The fourth-order valence-electron chi connectivity index (χ4n) is 1.83. The highest BCUT2D eigenvalue weighted by Crippen LogP contribution is 2.29. The van der Waals surface area contributed by atoms with Gasteiger partial charge in [-0.05, 0) is 18.6 Å². The molecule has 1 aromatic heterocycles. The van der Waals surface area contributed by atoms with Crippen molar-refractivity contribution in [2.75, 3.05) is 17.7 Å². The van der Waals surface area contributed by atoms with Crippen LogP contribution in [-0.2, 0) is 0 Å². The Morgan fingerprint density at radius 2 is 1.85 bits per heavy atom. The van der Waals surface area contributed by atoms with Crippen LogP contribution in [0.4, 0.5) is 17.3 Å². The van der Waals surface area contributed by atoms with Gasteiger partial charge >= 0.3 is 0 Å². The average Bonchev–Trinajstić information content (AvgIpc) is 2.42. The molecule has 0 saturated heterocycles. The van der Waals surface area contributed by atoms with Crippen molar-refractivity contribution in [3.63, 3.8) is 0 Å².